The minimum absolute atomic E-state index is 0.144. The van der Waals surface area contributed by atoms with E-state index in [4.69, 9.17) is 19.7 Å². The normalized spacial score (nSPS) is 35.3. The maximum Gasteiger partial charge on any atom is 0.308 e. The SMILES string of the molecule is CC1(CC(=O)O)OCC(CO)O1. The Morgan fingerprint density at radius 1 is 1.75 bits per heavy atom. The van der Waals surface area contributed by atoms with Crippen molar-refractivity contribution in [2.24, 2.45) is 0 Å². The number of aliphatic carboxylic acids is 1. The summed E-state index contributed by atoms with van der Waals surface area (Å²) in [5, 5.41) is 17.2. The first-order valence-electron chi connectivity index (χ1n) is 3.70. The lowest BCUT2D eigenvalue weighted by atomic mass is 10.2. The molecule has 1 aliphatic rings. The summed E-state index contributed by atoms with van der Waals surface area (Å²) in [7, 11) is 0. The van der Waals surface area contributed by atoms with Gasteiger partial charge < -0.3 is 19.7 Å². The fraction of sp³-hybridized carbons (Fsp3) is 0.857. The number of carboxylic acids is 1. The van der Waals surface area contributed by atoms with Gasteiger partial charge in [-0.05, 0) is 6.92 Å². The van der Waals surface area contributed by atoms with Crippen LogP contribution in [-0.4, -0.2) is 41.3 Å². The Morgan fingerprint density at radius 2 is 2.42 bits per heavy atom. The highest BCUT2D eigenvalue weighted by atomic mass is 16.7. The molecule has 2 unspecified atom stereocenters. The van der Waals surface area contributed by atoms with Gasteiger partial charge in [0.1, 0.15) is 6.10 Å². The van der Waals surface area contributed by atoms with Crippen LogP contribution in [0.25, 0.3) is 0 Å². The van der Waals surface area contributed by atoms with E-state index < -0.39 is 17.9 Å². The van der Waals surface area contributed by atoms with Gasteiger partial charge in [-0.15, -0.1) is 0 Å². The van der Waals surface area contributed by atoms with Crippen LogP contribution in [0.5, 0.6) is 0 Å². The van der Waals surface area contributed by atoms with E-state index >= 15 is 0 Å². The Morgan fingerprint density at radius 3 is 2.83 bits per heavy atom. The highest BCUT2D eigenvalue weighted by molar-refractivity contribution is 5.67. The predicted octanol–water partition coefficient (Wildman–Crippen LogP) is -0.415. The van der Waals surface area contributed by atoms with Gasteiger partial charge in [-0.1, -0.05) is 0 Å². The van der Waals surface area contributed by atoms with Crippen LogP contribution in [0, 0.1) is 0 Å². The molecule has 1 aliphatic heterocycles. The van der Waals surface area contributed by atoms with Gasteiger partial charge >= 0.3 is 5.97 Å². The summed E-state index contributed by atoms with van der Waals surface area (Å²) in [6.45, 7) is 1.66. The Hall–Kier alpha value is -0.650. The van der Waals surface area contributed by atoms with Crippen molar-refractivity contribution >= 4 is 5.97 Å². The Bertz CT molecular complexity index is 181. The molecule has 0 radical (unpaired) electrons. The van der Waals surface area contributed by atoms with Crippen molar-refractivity contribution in [2.75, 3.05) is 13.2 Å². The Kier molecular flexibility index (Phi) is 2.66. The number of ether oxygens (including phenoxy) is 2. The minimum Gasteiger partial charge on any atom is -0.481 e. The second-order valence-electron chi connectivity index (χ2n) is 2.94. The van der Waals surface area contributed by atoms with Gasteiger partial charge in [0.05, 0.1) is 19.6 Å². The minimum atomic E-state index is -1.07. The molecule has 0 bridgehead atoms. The van der Waals surface area contributed by atoms with Crippen molar-refractivity contribution in [3.05, 3.63) is 0 Å². The van der Waals surface area contributed by atoms with Crippen LogP contribution in [0.2, 0.25) is 0 Å². The largest absolute Gasteiger partial charge is 0.481 e. The number of hydrogen-bond acceptors (Lipinski definition) is 4. The van der Waals surface area contributed by atoms with Gasteiger partial charge in [-0.25, -0.2) is 0 Å². The molecule has 0 aliphatic carbocycles. The second kappa shape index (κ2) is 3.38. The summed E-state index contributed by atoms with van der Waals surface area (Å²) in [6, 6.07) is 0. The van der Waals surface area contributed by atoms with E-state index in [1.807, 2.05) is 0 Å². The van der Waals surface area contributed by atoms with E-state index in [2.05, 4.69) is 0 Å². The van der Waals surface area contributed by atoms with Crippen molar-refractivity contribution in [2.45, 2.75) is 25.2 Å². The summed E-state index contributed by atoms with van der Waals surface area (Å²) in [5.41, 5.74) is 0. The number of carboxylic acid groups (broad SMARTS) is 1. The zero-order valence-electron chi connectivity index (χ0n) is 6.82. The monoisotopic (exact) mass is 176 g/mol. The molecule has 1 saturated heterocycles. The lowest BCUT2D eigenvalue weighted by Crippen LogP contribution is -2.30. The van der Waals surface area contributed by atoms with Crippen LogP contribution in [0.1, 0.15) is 13.3 Å². The standard InChI is InChI=1S/C7H12O5/c1-7(2-6(9)10)11-4-5(3-8)12-7/h5,8H,2-4H2,1H3,(H,9,10). The average molecular weight is 176 g/mol. The molecule has 2 N–H and O–H groups in total. The van der Waals surface area contributed by atoms with Crippen LogP contribution < -0.4 is 0 Å². The zero-order chi connectivity index (χ0) is 9.19. The van der Waals surface area contributed by atoms with Gasteiger partial charge in [-0.2, -0.15) is 0 Å². The van der Waals surface area contributed by atoms with Gasteiger partial charge in [-0.3, -0.25) is 4.79 Å². The molecule has 2 atom stereocenters. The molecule has 0 amide bonds. The van der Waals surface area contributed by atoms with Crippen molar-refractivity contribution in [3.63, 3.8) is 0 Å². The van der Waals surface area contributed by atoms with E-state index in [1.165, 1.54) is 0 Å². The summed E-state index contributed by atoms with van der Waals surface area (Å²) in [5.74, 6) is -2.05. The fourth-order valence-corrected chi connectivity index (χ4v) is 1.15. The summed E-state index contributed by atoms with van der Waals surface area (Å²) >= 11 is 0. The van der Waals surface area contributed by atoms with E-state index in [9.17, 15) is 4.79 Å². The average Bonchev–Trinajstić information content (AvgIpc) is 2.30. The number of rotatable bonds is 3. The van der Waals surface area contributed by atoms with Gasteiger partial charge in [0.2, 0.25) is 0 Å². The molecular weight excluding hydrogens is 164 g/mol. The maximum absolute atomic E-state index is 10.3. The van der Waals surface area contributed by atoms with Crippen LogP contribution in [0.4, 0.5) is 0 Å². The smallest absolute Gasteiger partial charge is 0.308 e. The third kappa shape index (κ3) is 2.17. The lowest BCUT2D eigenvalue weighted by molar-refractivity contribution is -0.178. The molecular formula is C7H12O5. The predicted molar refractivity (Wildman–Crippen MR) is 38.6 cm³/mol. The third-order valence-electron chi connectivity index (χ3n) is 1.67. The molecule has 5 heteroatoms. The molecule has 0 saturated carbocycles. The van der Waals surface area contributed by atoms with Crippen molar-refractivity contribution < 1.29 is 24.5 Å². The van der Waals surface area contributed by atoms with Crippen molar-refractivity contribution in [1.29, 1.82) is 0 Å². The zero-order valence-corrected chi connectivity index (χ0v) is 6.82. The molecule has 0 aromatic rings. The summed E-state index contributed by atoms with van der Waals surface area (Å²) in [6.07, 6.45) is -0.599. The van der Waals surface area contributed by atoms with Gasteiger partial charge in [0.15, 0.2) is 5.79 Å². The first kappa shape index (κ1) is 9.44. The van der Waals surface area contributed by atoms with E-state index in [1.54, 1.807) is 6.92 Å². The van der Waals surface area contributed by atoms with Crippen LogP contribution in [0.3, 0.4) is 0 Å². The topological polar surface area (TPSA) is 76.0 Å². The van der Waals surface area contributed by atoms with Gasteiger partial charge in [0, 0.05) is 0 Å². The van der Waals surface area contributed by atoms with Gasteiger partial charge in [0.25, 0.3) is 0 Å². The van der Waals surface area contributed by atoms with E-state index in [0.29, 0.717) is 0 Å². The number of carbonyl (C=O) groups is 1. The lowest BCUT2D eigenvalue weighted by Gasteiger charge is -2.20. The first-order valence-corrected chi connectivity index (χ1v) is 3.70. The highest BCUT2D eigenvalue weighted by Crippen LogP contribution is 2.26. The highest BCUT2D eigenvalue weighted by Gasteiger charge is 2.38. The maximum atomic E-state index is 10.3. The Labute approximate surface area is 69.9 Å². The molecule has 12 heavy (non-hydrogen) atoms. The molecule has 70 valence electrons. The third-order valence-corrected chi connectivity index (χ3v) is 1.67. The molecule has 5 nitrogen and oxygen atoms in total. The first-order chi connectivity index (χ1) is 5.56. The second-order valence-corrected chi connectivity index (χ2v) is 2.94. The van der Waals surface area contributed by atoms with E-state index in [0.717, 1.165) is 0 Å². The number of aliphatic hydroxyl groups excluding tert-OH is 1. The molecule has 1 fully saturated rings. The van der Waals surface area contributed by atoms with E-state index in [-0.39, 0.29) is 19.6 Å². The summed E-state index contributed by atoms with van der Waals surface area (Å²) < 4.78 is 10.2. The quantitative estimate of drug-likeness (QED) is 0.611. The molecule has 1 heterocycles. The fourth-order valence-electron chi connectivity index (χ4n) is 1.15. The van der Waals surface area contributed by atoms with Crippen molar-refractivity contribution in [1.82, 2.24) is 0 Å². The molecule has 1 rings (SSSR count). The number of aliphatic hydroxyl groups is 1. The molecule has 0 aromatic carbocycles. The molecule has 0 spiro atoms. The van der Waals surface area contributed by atoms with Crippen molar-refractivity contribution in [3.8, 4) is 0 Å². The Balaban J connectivity index is 2.46. The summed E-state index contributed by atoms with van der Waals surface area (Å²) in [4.78, 5) is 10.3. The van der Waals surface area contributed by atoms with Crippen LogP contribution >= 0.6 is 0 Å². The molecule has 0 aromatic heterocycles. The number of hydrogen-bond donors (Lipinski definition) is 2. The van der Waals surface area contributed by atoms with Crippen LogP contribution in [0.15, 0.2) is 0 Å². The van der Waals surface area contributed by atoms with Crippen LogP contribution in [-0.2, 0) is 14.3 Å².